The third-order valence-corrected chi connectivity index (χ3v) is 2.64. The summed E-state index contributed by atoms with van der Waals surface area (Å²) in [4.78, 5) is 7.80. The molecule has 0 saturated heterocycles. The van der Waals surface area contributed by atoms with E-state index >= 15 is 0 Å². The lowest BCUT2D eigenvalue weighted by molar-refractivity contribution is 0.463. The van der Waals surface area contributed by atoms with E-state index in [1.165, 1.54) is 18.1 Å². The third kappa shape index (κ3) is 2.77. The summed E-state index contributed by atoms with van der Waals surface area (Å²) in [6.07, 6.45) is 2.93. The first-order valence-corrected chi connectivity index (χ1v) is 5.81. The van der Waals surface area contributed by atoms with Crippen LogP contribution in [-0.2, 0) is 5.41 Å². The summed E-state index contributed by atoms with van der Waals surface area (Å²) in [7, 11) is 0. The molecule has 0 aliphatic rings. The minimum atomic E-state index is 0.131. The Labute approximate surface area is 107 Å². The number of rotatable bonds is 2. The van der Waals surface area contributed by atoms with Gasteiger partial charge in [-0.3, -0.25) is 0 Å². The molecule has 0 radical (unpaired) electrons. The maximum Gasteiger partial charge on any atom is 0.245 e. The van der Waals surface area contributed by atoms with Crippen molar-refractivity contribution in [2.45, 2.75) is 26.2 Å². The Morgan fingerprint density at radius 2 is 1.78 bits per heavy atom. The summed E-state index contributed by atoms with van der Waals surface area (Å²) in [6, 6.07) is 7.93. The Hall–Kier alpha value is -2.10. The van der Waals surface area contributed by atoms with Crippen molar-refractivity contribution in [3.05, 3.63) is 42.4 Å². The average molecular weight is 243 g/mol. The molecule has 4 nitrogen and oxygen atoms in total. The summed E-state index contributed by atoms with van der Waals surface area (Å²) >= 11 is 0. The number of hydrogen-bond acceptors (Lipinski definition) is 4. The monoisotopic (exact) mass is 243 g/mol. The number of anilines is 1. The van der Waals surface area contributed by atoms with Gasteiger partial charge >= 0.3 is 0 Å². The fraction of sp³-hybridized carbons (Fsp3) is 0.286. The third-order valence-electron chi connectivity index (χ3n) is 2.64. The number of ether oxygens (including phenoxy) is 1. The Balaban J connectivity index is 2.19. The van der Waals surface area contributed by atoms with E-state index in [2.05, 4.69) is 30.7 Å². The second-order valence-corrected chi connectivity index (χ2v) is 5.16. The molecule has 4 heteroatoms. The van der Waals surface area contributed by atoms with Crippen LogP contribution in [0.3, 0.4) is 0 Å². The molecule has 1 aromatic carbocycles. The normalized spacial score (nSPS) is 11.3. The van der Waals surface area contributed by atoms with Crippen LogP contribution in [0, 0.1) is 0 Å². The lowest BCUT2D eigenvalue weighted by atomic mass is 9.87. The average Bonchev–Trinajstić information content (AvgIpc) is 2.32. The van der Waals surface area contributed by atoms with Crippen molar-refractivity contribution < 1.29 is 4.74 Å². The molecule has 0 aliphatic carbocycles. The SMILES string of the molecule is CC(C)(C)c1ccc(Oc2ncncc2N)cc1. The minimum Gasteiger partial charge on any atom is -0.437 e. The van der Waals surface area contributed by atoms with E-state index in [0.717, 1.165) is 0 Å². The standard InChI is InChI=1S/C14H17N3O/c1-14(2,3)10-4-6-11(7-5-10)18-13-12(15)8-16-9-17-13/h4-9H,15H2,1-3H3. The van der Waals surface area contributed by atoms with E-state index < -0.39 is 0 Å². The molecule has 0 atom stereocenters. The molecule has 0 saturated carbocycles. The molecule has 2 aromatic rings. The van der Waals surface area contributed by atoms with Crippen molar-refractivity contribution in [1.82, 2.24) is 9.97 Å². The van der Waals surface area contributed by atoms with Gasteiger partial charge in [0.05, 0.1) is 6.20 Å². The first-order chi connectivity index (χ1) is 8.47. The lowest BCUT2D eigenvalue weighted by Crippen LogP contribution is -2.10. The van der Waals surface area contributed by atoms with Crippen LogP contribution >= 0.6 is 0 Å². The summed E-state index contributed by atoms with van der Waals surface area (Å²) < 4.78 is 5.60. The summed E-state index contributed by atoms with van der Waals surface area (Å²) in [5, 5.41) is 0. The molecule has 0 amide bonds. The van der Waals surface area contributed by atoms with E-state index in [1.807, 2.05) is 24.3 Å². The van der Waals surface area contributed by atoms with Crippen LogP contribution in [0.2, 0.25) is 0 Å². The predicted octanol–water partition coefficient (Wildman–Crippen LogP) is 3.15. The summed E-state index contributed by atoms with van der Waals surface area (Å²) in [5.41, 5.74) is 7.53. The zero-order chi connectivity index (χ0) is 13.2. The number of benzene rings is 1. The number of aromatic nitrogens is 2. The van der Waals surface area contributed by atoms with Gasteiger partial charge in [0.2, 0.25) is 5.88 Å². The van der Waals surface area contributed by atoms with Gasteiger partial charge in [0.15, 0.2) is 0 Å². The minimum absolute atomic E-state index is 0.131. The predicted molar refractivity (Wildman–Crippen MR) is 71.7 cm³/mol. The van der Waals surface area contributed by atoms with Gasteiger partial charge in [0.25, 0.3) is 0 Å². The van der Waals surface area contributed by atoms with E-state index in [-0.39, 0.29) is 5.41 Å². The maximum atomic E-state index is 5.72. The van der Waals surface area contributed by atoms with Crippen LogP contribution < -0.4 is 10.5 Å². The quantitative estimate of drug-likeness (QED) is 0.880. The van der Waals surface area contributed by atoms with Gasteiger partial charge in [-0.05, 0) is 23.1 Å². The van der Waals surface area contributed by atoms with E-state index in [0.29, 0.717) is 17.3 Å². The molecule has 1 heterocycles. The first kappa shape index (κ1) is 12.4. The van der Waals surface area contributed by atoms with Crippen LogP contribution in [0.25, 0.3) is 0 Å². The van der Waals surface area contributed by atoms with Crippen LogP contribution in [-0.4, -0.2) is 9.97 Å². The second-order valence-electron chi connectivity index (χ2n) is 5.16. The van der Waals surface area contributed by atoms with Gasteiger partial charge in [0.1, 0.15) is 17.8 Å². The molecular weight excluding hydrogens is 226 g/mol. The van der Waals surface area contributed by atoms with Gasteiger partial charge < -0.3 is 10.5 Å². The highest BCUT2D eigenvalue weighted by atomic mass is 16.5. The van der Waals surface area contributed by atoms with Crippen molar-refractivity contribution in [2.75, 3.05) is 5.73 Å². The van der Waals surface area contributed by atoms with Crippen LogP contribution in [0.15, 0.2) is 36.8 Å². The van der Waals surface area contributed by atoms with E-state index in [4.69, 9.17) is 10.5 Å². The lowest BCUT2D eigenvalue weighted by Gasteiger charge is -2.19. The van der Waals surface area contributed by atoms with Gasteiger partial charge in [-0.15, -0.1) is 0 Å². The first-order valence-electron chi connectivity index (χ1n) is 5.81. The van der Waals surface area contributed by atoms with Crippen molar-refractivity contribution in [1.29, 1.82) is 0 Å². The summed E-state index contributed by atoms with van der Waals surface area (Å²) in [6.45, 7) is 6.52. The molecule has 0 fully saturated rings. The Morgan fingerprint density at radius 1 is 1.11 bits per heavy atom. The van der Waals surface area contributed by atoms with Crippen LogP contribution in [0.4, 0.5) is 5.69 Å². The highest BCUT2D eigenvalue weighted by Crippen LogP contribution is 2.27. The molecule has 0 bridgehead atoms. The van der Waals surface area contributed by atoms with Gasteiger partial charge in [0, 0.05) is 0 Å². The number of nitrogens with two attached hydrogens (primary N) is 1. The van der Waals surface area contributed by atoms with Crippen molar-refractivity contribution >= 4 is 5.69 Å². The van der Waals surface area contributed by atoms with Crippen molar-refractivity contribution in [3.63, 3.8) is 0 Å². The van der Waals surface area contributed by atoms with Crippen LogP contribution in [0.1, 0.15) is 26.3 Å². The van der Waals surface area contributed by atoms with E-state index in [1.54, 1.807) is 0 Å². The number of nitrogen functional groups attached to an aromatic ring is 1. The number of nitrogens with zero attached hydrogens (tertiary/aromatic N) is 2. The maximum absolute atomic E-state index is 5.72. The van der Waals surface area contributed by atoms with Crippen molar-refractivity contribution in [2.24, 2.45) is 0 Å². The molecule has 94 valence electrons. The Morgan fingerprint density at radius 3 is 2.33 bits per heavy atom. The molecule has 0 spiro atoms. The van der Waals surface area contributed by atoms with Gasteiger partial charge in [-0.1, -0.05) is 32.9 Å². The molecular formula is C14H17N3O. The van der Waals surface area contributed by atoms with Gasteiger partial charge in [-0.25, -0.2) is 4.98 Å². The summed E-state index contributed by atoms with van der Waals surface area (Å²) in [5.74, 6) is 1.10. The zero-order valence-electron chi connectivity index (χ0n) is 10.8. The highest BCUT2D eigenvalue weighted by molar-refractivity contribution is 5.47. The molecule has 2 rings (SSSR count). The molecule has 0 aliphatic heterocycles. The fourth-order valence-corrected chi connectivity index (χ4v) is 1.55. The smallest absolute Gasteiger partial charge is 0.245 e. The molecule has 2 N–H and O–H groups in total. The Kier molecular flexibility index (Phi) is 3.19. The second kappa shape index (κ2) is 4.64. The molecule has 0 unspecified atom stereocenters. The Bertz CT molecular complexity index is 529. The fourth-order valence-electron chi connectivity index (χ4n) is 1.55. The van der Waals surface area contributed by atoms with E-state index in [9.17, 15) is 0 Å². The largest absolute Gasteiger partial charge is 0.437 e. The number of hydrogen-bond donors (Lipinski definition) is 1. The van der Waals surface area contributed by atoms with Crippen LogP contribution in [0.5, 0.6) is 11.6 Å². The molecule has 1 aromatic heterocycles. The zero-order valence-corrected chi connectivity index (χ0v) is 10.8. The molecule has 18 heavy (non-hydrogen) atoms. The van der Waals surface area contributed by atoms with Gasteiger partial charge in [-0.2, -0.15) is 4.98 Å². The van der Waals surface area contributed by atoms with Crippen molar-refractivity contribution in [3.8, 4) is 11.6 Å². The highest BCUT2D eigenvalue weighted by Gasteiger charge is 2.13. The topological polar surface area (TPSA) is 61.0 Å².